The van der Waals surface area contributed by atoms with E-state index in [2.05, 4.69) is 15.2 Å². The molecule has 0 unspecified atom stereocenters. The Balaban J connectivity index is 2.24. The van der Waals surface area contributed by atoms with Crippen molar-refractivity contribution in [2.45, 2.75) is 18.9 Å². The second kappa shape index (κ2) is 3.41. The van der Waals surface area contributed by atoms with E-state index in [1.165, 1.54) is 6.07 Å². The van der Waals surface area contributed by atoms with E-state index < -0.39 is 0 Å². The van der Waals surface area contributed by atoms with Crippen LogP contribution in [-0.2, 0) is 0 Å². The summed E-state index contributed by atoms with van der Waals surface area (Å²) in [4.78, 5) is 14.6. The molecule has 2 N–H and O–H groups in total. The van der Waals surface area contributed by atoms with Crippen LogP contribution in [0.25, 0.3) is 11.4 Å². The number of aromatic amines is 2. The summed E-state index contributed by atoms with van der Waals surface area (Å²) >= 11 is 5.17. The highest BCUT2D eigenvalue weighted by Gasteiger charge is 2.28. The third kappa shape index (κ3) is 1.42. The molecule has 3 rings (SSSR count). The van der Waals surface area contributed by atoms with Crippen LogP contribution in [0.2, 0.25) is 0 Å². The van der Waals surface area contributed by atoms with Gasteiger partial charge in [0.1, 0.15) is 0 Å². The Kier molecular flexibility index (Phi) is 2.03. The van der Waals surface area contributed by atoms with Gasteiger partial charge in [-0.1, -0.05) is 0 Å². The molecule has 0 spiro atoms. The number of hydrogen-bond donors (Lipinski definition) is 2. The molecule has 2 aromatic heterocycles. The topological polar surface area (TPSA) is 66.5 Å². The number of pyridine rings is 1. The van der Waals surface area contributed by atoms with Crippen molar-refractivity contribution >= 4 is 12.2 Å². The molecule has 0 atom stereocenters. The molecule has 82 valence electrons. The molecule has 2 heterocycles. The van der Waals surface area contributed by atoms with E-state index in [0.29, 0.717) is 22.2 Å². The fraction of sp³-hybridized carbons (Fsp3) is 0.300. The van der Waals surface area contributed by atoms with Crippen LogP contribution in [0.3, 0.4) is 0 Å². The standard InChI is InChI=1S/C10H10N4OS/c15-8-3-4-11-5-7(8)9-12-13-10(16)14(9)6-1-2-6/h3-6H,1-2H2,(H,11,15)(H,13,16). The molecule has 5 nitrogen and oxygen atoms in total. The quantitative estimate of drug-likeness (QED) is 0.776. The van der Waals surface area contributed by atoms with Crippen LogP contribution in [0.15, 0.2) is 23.3 Å². The van der Waals surface area contributed by atoms with Crippen molar-refractivity contribution in [3.05, 3.63) is 33.5 Å². The first-order valence-electron chi connectivity index (χ1n) is 5.12. The third-order valence-electron chi connectivity index (χ3n) is 2.68. The summed E-state index contributed by atoms with van der Waals surface area (Å²) < 4.78 is 2.51. The van der Waals surface area contributed by atoms with Gasteiger partial charge in [-0.3, -0.25) is 14.5 Å². The molecule has 1 saturated carbocycles. The minimum absolute atomic E-state index is 0.0466. The fourth-order valence-corrected chi connectivity index (χ4v) is 2.04. The van der Waals surface area contributed by atoms with Crippen molar-refractivity contribution in [2.75, 3.05) is 0 Å². The predicted molar refractivity (Wildman–Crippen MR) is 61.7 cm³/mol. The van der Waals surface area contributed by atoms with Crippen LogP contribution in [0, 0.1) is 4.77 Å². The van der Waals surface area contributed by atoms with Crippen molar-refractivity contribution in [3.8, 4) is 11.4 Å². The molecular weight excluding hydrogens is 224 g/mol. The number of hydrogen-bond acceptors (Lipinski definition) is 3. The van der Waals surface area contributed by atoms with E-state index >= 15 is 0 Å². The monoisotopic (exact) mass is 234 g/mol. The summed E-state index contributed by atoms with van der Waals surface area (Å²) in [6, 6.07) is 1.89. The zero-order valence-corrected chi connectivity index (χ0v) is 9.25. The molecule has 6 heteroatoms. The molecule has 0 saturated heterocycles. The summed E-state index contributed by atoms with van der Waals surface area (Å²) in [7, 11) is 0. The largest absolute Gasteiger partial charge is 0.367 e. The molecule has 0 bridgehead atoms. The molecule has 0 aliphatic heterocycles. The lowest BCUT2D eigenvalue weighted by molar-refractivity contribution is 0.734. The molecule has 2 aromatic rings. The second-order valence-corrected chi connectivity index (χ2v) is 4.26. The average molecular weight is 234 g/mol. The lowest BCUT2D eigenvalue weighted by atomic mass is 10.2. The molecule has 0 amide bonds. The summed E-state index contributed by atoms with van der Waals surface area (Å²) in [6.07, 6.45) is 5.47. The van der Waals surface area contributed by atoms with E-state index in [4.69, 9.17) is 12.2 Å². The molecule has 0 aromatic carbocycles. The summed E-state index contributed by atoms with van der Waals surface area (Å²) in [5.41, 5.74) is 0.511. The van der Waals surface area contributed by atoms with E-state index in [-0.39, 0.29) is 5.43 Å². The summed E-state index contributed by atoms with van der Waals surface area (Å²) in [5, 5.41) is 6.88. The van der Waals surface area contributed by atoms with Crippen LogP contribution < -0.4 is 5.43 Å². The molecular formula is C10H10N4OS. The van der Waals surface area contributed by atoms with Gasteiger partial charge < -0.3 is 4.98 Å². The summed E-state index contributed by atoms with van der Waals surface area (Å²) in [5.74, 6) is 0.634. The maximum absolute atomic E-state index is 11.7. The maximum atomic E-state index is 11.7. The maximum Gasteiger partial charge on any atom is 0.195 e. The van der Waals surface area contributed by atoms with E-state index in [1.54, 1.807) is 12.4 Å². The van der Waals surface area contributed by atoms with E-state index in [1.807, 2.05) is 4.57 Å². The Bertz CT molecular complexity index is 635. The van der Waals surface area contributed by atoms with Crippen molar-refractivity contribution in [2.24, 2.45) is 0 Å². The van der Waals surface area contributed by atoms with Gasteiger partial charge in [0.05, 0.1) is 5.56 Å². The van der Waals surface area contributed by atoms with Gasteiger partial charge in [-0.25, -0.2) is 0 Å². The zero-order valence-electron chi connectivity index (χ0n) is 8.43. The minimum Gasteiger partial charge on any atom is -0.367 e. The van der Waals surface area contributed by atoms with Gasteiger partial charge in [0, 0.05) is 24.5 Å². The molecule has 0 radical (unpaired) electrons. The lowest BCUT2D eigenvalue weighted by Gasteiger charge is -2.03. The van der Waals surface area contributed by atoms with Gasteiger partial charge in [-0.15, -0.1) is 0 Å². The first kappa shape index (κ1) is 9.53. The predicted octanol–water partition coefficient (Wildman–Crippen LogP) is 1.63. The smallest absolute Gasteiger partial charge is 0.195 e. The van der Waals surface area contributed by atoms with Crippen LogP contribution >= 0.6 is 12.2 Å². The fourth-order valence-electron chi connectivity index (χ4n) is 1.76. The van der Waals surface area contributed by atoms with Crippen LogP contribution in [0.1, 0.15) is 18.9 Å². The zero-order chi connectivity index (χ0) is 11.1. The van der Waals surface area contributed by atoms with Gasteiger partial charge in [0.15, 0.2) is 16.0 Å². The Morgan fingerprint density at radius 3 is 3.00 bits per heavy atom. The number of nitrogens with one attached hydrogen (secondary N) is 2. The average Bonchev–Trinajstić information content (AvgIpc) is 3.04. The first-order valence-corrected chi connectivity index (χ1v) is 5.52. The number of aromatic nitrogens is 4. The van der Waals surface area contributed by atoms with Crippen LogP contribution in [-0.4, -0.2) is 19.7 Å². The third-order valence-corrected chi connectivity index (χ3v) is 2.97. The van der Waals surface area contributed by atoms with Crippen molar-refractivity contribution in [1.29, 1.82) is 0 Å². The lowest BCUT2D eigenvalue weighted by Crippen LogP contribution is -2.07. The van der Waals surface area contributed by atoms with Gasteiger partial charge in [-0.2, -0.15) is 5.10 Å². The summed E-state index contributed by atoms with van der Waals surface area (Å²) in [6.45, 7) is 0. The van der Waals surface area contributed by atoms with Crippen molar-refractivity contribution in [3.63, 3.8) is 0 Å². The number of nitrogens with zero attached hydrogens (tertiary/aromatic N) is 2. The normalized spacial score (nSPS) is 15.2. The Hall–Kier alpha value is -1.69. The highest BCUT2D eigenvalue weighted by atomic mass is 32.1. The van der Waals surface area contributed by atoms with Gasteiger partial charge in [0.25, 0.3) is 0 Å². The highest BCUT2D eigenvalue weighted by molar-refractivity contribution is 7.71. The van der Waals surface area contributed by atoms with E-state index in [9.17, 15) is 4.79 Å². The minimum atomic E-state index is -0.0466. The van der Waals surface area contributed by atoms with Crippen molar-refractivity contribution in [1.82, 2.24) is 19.7 Å². The Morgan fingerprint density at radius 2 is 2.31 bits per heavy atom. The molecule has 16 heavy (non-hydrogen) atoms. The van der Waals surface area contributed by atoms with Crippen LogP contribution in [0.4, 0.5) is 0 Å². The van der Waals surface area contributed by atoms with Crippen molar-refractivity contribution < 1.29 is 0 Å². The van der Waals surface area contributed by atoms with Gasteiger partial charge >= 0.3 is 0 Å². The first-order chi connectivity index (χ1) is 7.77. The molecule has 1 aliphatic carbocycles. The number of rotatable bonds is 2. The Labute approximate surface area is 96.1 Å². The van der Waals surface area contributed by atoms with Gasteiger partial charge in [-0.05, 0) is 25.1 Å². The molecule has 1 aliphatic rings. The van der Waals surface area contributed by atoms with Gasteiger partial charge in [0.2, 0.25) is 0 Å². The SMILES string of the molecule is O=c1cc[nH]cc1-c1n[nH]c(=S)n1C1CC1. The van der Waals surface area contributed by atoms with E-state index in [0.717, 1.165) is 12.8 Å². The highest BCUT2D eigenvalue weighted by Crippen LogP contribution is 2.37. The van der Waals surface area contributed by atoms with Crippen LogP contribution in [0.5, 0.6) is 0 Å². The molecule has 1 fully saturated rings. The Morgan fingerprint density at radius 1 is 1.50 bits per heavy atom. The second-order valence-electron chi connectivity index (χ2n) is 3.88. The number of H-pyrrole nitrogens is 2.